The molecule has 1 fully saturated rings. The first kappa shape index (κ1) is 18.9. The van der Waals surface area contributed by atoms with E-state index in [9.17, 15) is 9.59 Å². The second-order valence-electron chi connectivity index (χ2n) is 7.38. The highest BCUT2D eigenvalue weighted by Gasteiger charge is 2.26. The Labute approximate surface area is 168 Å². The molecule has 1 aliphatic heterocycles. The first-order chi connectivity index (χ1) is 13.7. The molecule has 0 unspecified atom stereocenters. The number of nitrogens with one attached hydrogen (secondary N) is 1. The summed E-state index contributed by atoms with van der Waals surface area (Å²) in [7, 11) is 0. The van der Waals surface area contributed by atoms with Crippen molar-refractivity contribution in [3.8, 4) is 17.0 Å². The summed E-state index contributed by atoms with van der Waals surface area (Å²) in [5.74, 6) is 0.887. The number of amides is 2. The predicted molar refractivity (Wildman–Crippen MR) is 111 cm³/mol. The normalized spacial score (nSPS) is 17.2. The Morgan fingerprint density at radius 1 is 1.32 bits per heavy atom. The SMILES string of the molecule is CCCN1C(=O)COc2ccc(-c3csc(NC(=O)C4CCCCC4)n3)cc21. The second-order valence-corrected chi connectivity index (χ2v) is 8.24. The van der Waals surface area contributed by atoms with Crippen LogP contribution < -0.4 is 15.0 Å². The number of benzene rings is 1. The Kier molecular flexibility index (Phi) is 5.62. The van der Waals surface area contributed by atoms with Gasteiger partial charge >= 0.3 is 0 Å². The van der Waals surface area contributed by atoms with Gasteiger partial charge in [0.15, 0.2) is 11.7 Å². The maximum atomic E-state index is 12.5. The van der Waals surface area contributed by atoms with Crippen molar-refractivity contribution in [1.29, 1.82) is 0 Å². The van der Waals surface area contributed by atoms with E-state index in [2.05, 4.69) is 10.3 Å². The van der Waals surface area contributed by atoms with E-state index in [0.29, 0.717) is 11.7 Å². The van der Waals surface area contributed by atoms with Gasteiger partial charge in [0, 0.05) is 23.4 Å². The molecule has 0 spiro atoms. The first-order valence-electron chi connectivity index (χ1n) is 9.99. The monoisotopic (exact) mass is 399 g/mol. The van der Waals surface area contributed by atoms with Gasteiger partial charge in [0.05, 0.1) is 11.4 Å². The molecule has 0 bridgehead atoms. The third kappa shape index (κ3) is 3.90. The summed E-state index contributed by atoms with van der Waals surface area (Å²) in [5, 5.41) is 5.54. The zero-order valence-corrected chi connectivity index (χ0v) is 16.9. The summed E-state index contributed by atoms with van der Waals surface area (Å²) in [5.41, 5.74) is 2.49. The lowest BCUT2D eigenvalue weighted by atomic mass is 9.89. The van der Waals surface area contributed by atoms with Gasteiger partial charge in [-0.25, -0.2) is 4.98 Å². The van der Waals surface area contributed by atoms with Crippen LogP contribution in [0.2, 0.25) is 0 Å². The van der Waals surface area contributed by atoms with E-state index in [4.69, 9.17) is 4.74 Å². The van der Waals surface area contributed by atoms with Gasteiger partial charge in [-0.05, 0) is 37.5 Å². The van der Waals surface area contributed by atoms with Crippen LogP contribution in [0.3, 0.4) is 0 Å². The molecule has 0 atom stereocenters. The van der Waals surface area contributed by atoms with Crippen molar-refractivity contribution >= 4 is 34.0 Å². The number of aromatic nitrogens is 1. The van der Waals surface area contributed by atoms with E-state index in [1.807, 2.05) is 30.5 Å². The second kappa shape index (κ2) is 8.31. The van der Waals surface area contributed by atoms with Crippen molar-refractivity contribution in [2.24, 2.45) is 5.92 Å². The lowest BCUT2D eigenvalue weighted by Crippen LogP contribution is -2.39. The quantitative estimate of drug-likeness (QED) is 0.805. The van der Waals surface area contributed by atoms with E-state index < -0.39 is 0 Å². The molecule has 2 heterocycles. The maximum absolute atomic E-state index is 12.5. The molecule has 2 aliphatic rings. The van der Waals surface area contributed by atoms with Gasteiger partial charge in [-0.3, -0.25) is 9.59 Å². The lowest BCUT2D eigenvalue weighted by molar-refractivity contribution is -0.121. The Hall–Kier alpha value is -2.41. The van der Waals surface area contributed by atoms with Gasteiger partial charge in [0.25, 0.3) is 5.91 Å². The fourth-order valence-corrected chi connectivity index (χ4v) is 4.59. The summed E-state index contributed by atoms with van der Waals surface area (Å²) in [6.45, 7) is 2.80. The van der Waals surface area contributed by atoms with Crippen molar-refractivity contribution in [3.05, 3.63) is 23.6 Å². The number of hydrogen-bond donors (Lipinski definition) is 1. The van der Waals surface area contributed by atoms with Crippen molar-refractivity contribution < 1.29 is 14.3 Å². The van der Waals surface area contributed by atoms with E-state index in [1.54, 1.807) is 4.90 Å². The number of ether oxygens (including phenoxy) is 1. The van der Waals surface area contributed by atoms with Gasteiger partial charge < -0.3 is 15.0 Å². The highest BCUT2D eigenvalue weighted by molar-refractivity contribution is 7.14. The van der Waals surface area contributed by atoms with Crippen LogP contribution in [0.15, 0.2) is 23.6 Å². The van der Waals surface area contributed by atoms with E-state index in [0.717, 1.165) is 54.8 Å². The largest absolute Gasteiger partial charge is 0.482 e. The number of rotatable bonds is 5. The summed E-state index contributed by atoms with van der Waals surface area (Å²) in [4.78, 5) is 31.0. The number of hydrogen-bond acceptors (Lipinski definition) is 5. The molecule has 0 radical (unpaired) electrons. The van der Waals surface area contributed by atoms with Crippen molar-refractivity contribution in [1.82, 2.24) is 4.98 Å². The molecule has 4 rings (SSSR count). The number of carbonyl (C=O) groups is 2. The molecule has 1 aliphatic carbocycles. The minimum Gasteiger partial charge on any atom is -0.482 e. The number of carbonyl (C=O) groups excluding carboxylic acids is 2. The van der Waals surface area contributed by atoms with E-state index in [-0.39, 0.29) is 24.3 Å². The Morgan fingerprint density at radius 2 is 2.14 bits per heavy atom. The van der Waals surface area contributed by atoms with E-state index in [1.165, 1.54) is 17.8 Å². The Balaban J connectivity index is 1.52. The highest BCUT2D eigenvalue weighted by Crippen LogP contribution is 2.37. The summed E-state index contributed by atoms with van der Waals surface area (Å²) >= 11 is 1.43. The van der Waals surface area contributed by atoms with Crippen LogP contribution in [0.4, 0.5) is 10.8 Å². The molecule has 148 valence electrons. The predicted octanol–water partition coefficient (Wildman–Crippen LogP) is 4.46. The molecule has 1 aromatic heterocycles. The van der Waals surface area contributed by atoms with Gasteiger partial charge in [-0.2, -0.15) is 0 Å². The molecule has 6 nitrogen and oxygen atoms in total. The third-order valence-electron chi connectivity index (χ3n) is 5.36. The fourth-order valence-electron chi connectivity index (χ4n) is 3.87. The zero-order valence-electron chi connectivity index (χ0n) is 16.1. The summed E-state index contributed by atoms with van der Waals surface area (Å²) in [6.07, 6.45) is 6.30. The number of fused-ring (bicyclic) bond motifs is 1. The molecular formula is C21H25N3O3S. The zero-order chi connectivity index (χ0) is 19.5. The summed E-state index contributed by atoms with van der Waals surface area (Å²) < 4.78 is 5.56. The molecule has 2 amide bonds. The lowest BCUT2D eigenvalue weighted by Gasteiger charge is -2.29. The van der Waals surface area contributed by atoms with Crippen LogP contribution >= 0.6 is 11.3 Å². The topological polar surface area (TPSA) is 71.5 Å². The molecule has 2 aromatic rings. The van der Waals surface area contributed by atoms with Gasteiger partial charge in [-0.15, -0.1) is 11.3 Å². The molecule has 1 saturated carbocycles. The van der Waals surface area contributed by atoms with Crippen molar-refractivity contribution in [3.63, 3.8) is 0 Å². The van der Waals surface area contributed by atoms with Crippen LogP contribution in [0.25, 0.3) is 11.3 Å². The standard InChI is InChI=1S/C21H25N3O3S/c1-2-10-24-17-11-15(8-9-18(17)27-12-19(24)25)16-13-28-21(22-16)23-20(26)14-6-4-3-5-7-14/h8-9,11,13-14H,2-7,10,12H2,1H3,(H,22,23,26). The molecule has 28 heavy (non-hydrogen) atoms. The van der Waals surface area contributed by atoms with Crippen LogP contribution in [0.1, 0.15) is 45.4 Å². The molecule has 7 heteroatoms. The molecule has 1 N–H and O–H groups in total. The smallest absolute Gasteiger partial charge is 0.265 e. The Bertz CT molecular complexity index is 874. The van der Waals surface area contributed by atoms with Crippen molar-refractivity contribution in [2.75, 3.05) is 23.4 Å². The number of nitrogens with zero attached hydrogens (tertiary/aromatic N) is 2. The van der Waals surface area contributed by atoms with Gasteiger partial charge in [0.1, 0.15) is 5.75 Å². The van der Waals surface area contributed by atoms with Crippen molar-refractivity contribution in [2.45, 2.75) is 45.4 Å². The number of anilines is 2. The van der Waals surface area contributed by atoms with Crippen LogP contribution in [-0.4, -0.2) is 29.9 Å². The third-order valence-corrected chi connectivity index (χ3v) is 6.11. The minimum absolute atomic E-state index is 0.0230. The minimum atomic E-state index is -0.0230. The average Bonchev–Trinajstić information content (AvgIpc) is 3.19. The van der Waals surface area contributed by atoms with Crippen LogP contribution in [0.5, 0.6) is 5.75 Å². The van der Waals surface area contributed by atoms with Crippen LogP contribution in [0, 0.1) is 5.92 Å². The highest BCUT2D eigenvalue weighted by atomic mass is 32.1. The van der Waals surface area contributed by atoms with Crippen LogP contribution in [-0.2, 0) is 9.59 Å². The molecular weight excluding hydrogens is 374 g/mol. The number of thiazole rings is 1. The molecule has 0 saturated heterocycles. The van der Waals surface area contributed by atoms with E-state index >= 15 is 0 Å². The maximum Gasteiger partial charge on any atom is 0.265 e. The summed E-state index contributed by atoms with van der Waals surface area (Å²) in [6, 6.07) is 5.78. The first-order valence-corrected chi connectivity index (χ1v) is 10.9. The van der Waals surface area contributed by atoms with Gasteiger partial charge in [-0.1, -0.05) is 26.2 Å². The van der Waals surface area contributed by atoms with Gasteiger partial charge in [0.2, 0.25) is 5.91 Å². The molecule has 1 aromatic carbocycles. The fraction of sp³-hybridized carbons (Fsp3) is 0.476. The average molecular weight is 400 g/mol. The Morgan fingerprint density at radius 3 is 2.93 bits per heavy atom.